The summed E-state index contributed by atoms with van der Waals surface area (Å²) in [6.45, 7) is 2.56. The summed E-state index contributed by atoms with van der Waals surface area (Å²) in [5, 5.41) is 5.44. The van der Waals surface area contributed by atoms with E-state index < -0.39 is 0 Å². The van der Waals surface area contributed by atoms with E-state index in [0.29, 0.717) is 23.7 Å². The molecule has 1 aromatic heterocycles. The van der Waals surface area contributed by atoms with Crippen molar-refractivity contribution in [3.63, 3.8) is 0 Å². The molecule has 2 N–H and O–H groups in total. The van der Waals surface area contributed by atoms with Gasteiger partial charge in [-0.2, -0.15) is 0 Å². The number of rotatable bonds is 9. The van der Waals surface area contributed by atoms with E-state index >= 15 is 0 Å². The second kappa shape index (κ2) is 9.98. The van der Waals surface area contributed by atoms with Crippen LogP contribution in [0.15, 0.2) is 71.3 Å². The van der Waals surface area contributed by atoms with Crippen molar-refractivity contribution in [3.05, 3.63) is 72.7 Å². The molecule has 0 saturated heterocycles. The number of benzene rings is 2. The fourth-order valence-electron chi connectivity index (χ4n) is 2.47. The van der Waals surface area contributed by atoms with E-state index in [1.54, 1.807) is 60.7 Å². The quantitative estimate of drug-likeness (QED) is 0.564. The number of furan rings is 1. The Morgan fingerprint density at radius 3 is 2.24 bits per heavy atom. The second-order valence-electron chi connectivity index (χ2n) is 6.17. The molecule has 7 heteroatoms. The molecule has 0 fully saturated rings. The maximum absolute atomic E-state index is 12.2. The van der Waals surface area contributed by atoms with Gasteiger partial charge in [-0.1, -0.05) is 13.0 Å². The van der Waals surface area contributed by atoms with E-state index in [2.05, 4.69) is 10.6 Å². The van der Waals surface area contributed by atoms with Gasteiger partial charge in [-0.25, -0.2) is 0 Å². The lowest BCUT2D eigenvalue weighted by molar-refractivity contribution is -0.118. The monoisotopic (exact) mass is 394 g/mol. The van der Waals surface area contributed by atoms with Crippen LogP contribution in [0.25, 0.3) is 0 Å². The molecular formula is C22H22N2O5. The molecule has 3 rings (SSSR count). The van der Waals surface area contributed by atoms with Crippen molar-refractivity contribution in [2.24, 2.45) is 0 Å². The van der Waals surface area contributed by atoms with Crippen molar-refractivity contribution in [2.75, 3.05) is 23.8 Å². The first-order valence-corrected chi connectivity index (χ1v) is 9.24. The standard InChI is InChI=1S/C22H22N2O5/c1-2-12-27-18-8-10-19(11-9-18)29-15-21(25)23-16-5-3-6-17(14-16)24-22(26)20-7-4-13-28-20/h3-11,13-14H,2,12,15H2,1H3,(H,23,25)(H,24,26). The molecule has 0 radical (unpaired) electrons. The minimum atomic E-state index is -0.367. The molecule has 0 saturated carbocycles. The molecule has 0 spiro atoms. The van der Waals surface area contributed by atoms with Crippen LogP contribution in [-0.2, 0) is 4.79 Å². The van der Waals surface area contributed by atoms with Gasteiger partial charge in [0.05, 0.1) is 12.9 Å². The van der Waals surface area contributed by atoms with Crippen molar-refractivity contribution in [1.29, 1.82) is 0 Å². The van der Waals surface area contributed by atoms with Crippen LogP contribution >= 0.6 is 0 Å². The predicted molar refractivity (Wildman–Crippen MR) is 109 cm³/mol. The van der Waals surface area contributed by atoms with Gasteiger partial charge < -0.3 is 24.5 Å². The molecule has 0 bridgehead atoms. The minimum Gasteiger partial charge on any atom is -0.494 e. The molecule has 1 heterocycles. The summed E-state index contributed by atoms with van der Waals surface area (Å²) in [5.41, 5.74) is 1.08. The number of carbonyl (C=O) groups excluding carboxylic acids is 2. The molecule has 0 aliphatic carbocycles. The lowest BCUT2D eigenvalue weighted by Crippen LogP contribution is -2.20. The third-order valence-electron chi connectivity index (χ3n) is 3.82. The van der Waals surface area contributed by atoms with E-state index in [1.165, 1.54) is 6.26 Å². The van der Waals surface area contributed by atoms with Gasteiger partial charge in [0, 0.05) is 11.4 Å². The van der Waals surface area contributed by atoms with Crippen LogP contribution in [0.3, 0.4) is 0 Å². The lowest BCUT2D eigenvalue weighted by atomic mass is 10.2. The van der Waals surface area contributed by atoms with Crippen LogP contribution in [0, 0.1) is 0 Å². The fourth-order valence-corrected chi connectivity index (χ4v) is 2.47. The highest BCUT2D eigenvalue weighted by Gasteiger charge is 2.10. The zero-order valence-corrected chi connectivity index (χ0v) is 16.0. The minimum absolute atomic E-state index is 0.141. The number of hydrogen-bond acceptors (Lipinski definition) is 5. The molecule has 2 aromatic carbocycles. The summed E-state index contributed by atoms with van der Waals surface area (Å²) in [6.07, 6.45) is 2.36. The van der Waals surface area contributed by atoms with Crippen LogP contribution in [0.5, 0.6) is 11.5 Å². The largest absolute Gasteiger partial charge is 0.494 e. The van der Waals surface area contributed by atoms with E-state index in [-0.39, 0.29) is 24.2 Å². The highest BCUT2D eigenvalue weighted by atomic mass is 16.5. The van der Waals surface area contributed by atoms with Gasteiger partial charge in [-0.05, 0) is 61.0 Å². The molecule has 7 nitrogen and oxygen atoms in total. The Morgan fingerprint density at radius 1 is 0.897 bits per heavy atom. The molecule has 3 aromatic rings. The van der Waals surface area contributed by atoms with Crippen molar-refractivity contribution in [1.82, 2.24) is 0 Å². The van der Waals surface area contributed by atoms with Crippen LogP contribution in [0.4, 0.5) is 11.4 Å². The van der Waals surface area contributed by atoms with Gasteiger partial charge in [0.2, 0.25) is 0 Å². The Balaban J connectivity index is 1.49. The zero-order valence-electron chi connectivity index (χ0n) is 16.0. The molecular weight excluding hydrogens is 372 g/mol. The van der Waals surface area contributed by atoms with E-state index in [9.17, 15) is 9.59 Å². The number of anilines is 2. The van der Waals surface area contributed by atoms with Gasteiger partial charge in [0.1, 0.15) is 11.5 Å². The molecule has 0 aliphatic rings. The average molecular weight is 394 g/mol. The number of carbonyl (C=O) groups is 2. The van der Waals surface area contributed by atoms with Crippen LogP contribution < -0.4 is 20.1 Å². The SMILES string of the molecule is CCCOc1ccc(OCC(=O)Nc2cccc(NC(=O)c3ccco3)c2)cc1. The Morgan fingerprint density at radius 2 is 1.59 bits per heavy atom. The zero-order chi connectivity index (χ0) is 20.5. The molecule has 0 aliphatic heterocycles. The highest BCUT2D eigenvalue weighted by Crippen LogP contribution is 2.19. The second-order valence-corrected chi connectivity index (χ2v) is 6.17. The van der Waals surface area contributed by atoms with Gasteiger partial charge in [-0.15, -0.1) is 0 Å². The van der Waals surface area contributed by atoms with Gasteiger partial charge in [0.25, 0.3) is 11.8 Å². The Bertz CT molecular complexity index is 936. The summed E-state index contributed by atoms with van der Waals surface area (Å²) in [6, 6.07) is 17.1. The van der Waals surface area contributed by atoms with E-state index in [1.807, 2.05) is 6.92 Å². The van der Waals surface area contributed by atoms with Gasteiger partial charge in [0.15, 0.2) is 12.4 Å². The normalized spacial score (nSPS) is 10.2. The Labute approximate surface area is 168 Å². The molecule has 0 unspecified atom stereocenters. The van der Waals surface area contributed by atoms with Crippen LogP contribution in [-0.4, -0.2) is 25.0 Å². The molecule has 150 valence electrons. The topological polar surface area (TPSA) is 89.8 Å². The summed E-state index contributed by atoms with van der Waals surface area (Å²) < 4.78 is 16.1. The lowest BCUT2D eigenvalue weighted by Gasteiger charge is -2.10. The summed E-state index contributed by atoms with van der Waals surface area (Å²) in [5.74, 6) is 0.860. The van der Waals surface area contributed by atoms with Gasteiger partial charge in [-0.3, -0.25) is 9.59 Å². The van der Waals surface area contributed by atoms with Crippen molar-refractivity contribution in [2.45, 2.75) is 13.3 Å². The average Bonchev–Trinajstić information content (AvgIpc) is 3.27. The Hall–Kier alpha value is -3.74. The third kappa shape index (κ3) is 6.14. The van der Waals surface area contributed by atoms with Crippen LogP contribution in [0.1, 0.15) is 23.9 Å². The Kier molecular flexibility index (Phi) is 6.89. The number of hydrogen-bond donors (Lipinski definition) is 2. The first-order valence-electron chi connectivity index (χ1n) is 9.24. The number of ether oxygens (including phenoxy) is 2. The summed E-state index contributed by atoms with van der Waals surface area (Å²) in [7, 11) is 0. The smallest absolute Gasteiger partial charge is 0.291 e. The fraction of sp³-hybridized carbons (Fsp3) is 0.182. The summed E-state index contributed by atoms with van der Waals surface area (Å²) >= 11 is 0. The first kappa shape index (κ1) is 20.0. The van der Waals surface area contributed by atoms with Gasteiger partial charge >= 0.3 is 0 Å². The van der Waals surface area contributed by atoms with Crippen molar-refractivity contribution < 1.29 is 23.5 Å². The van der Waals surface area contributed by atoms with Crippen LogP contribution in [0.2, 0.25) is 0 Å². The summed E-state index contributed by atoms with van der Waals surface area (Å²) in [4.78, 5) is 24.2. The molecule has 29 heavy (non-hydrogen) atoms. The predicted octanol–water partition coefficient (Wildman–Crippen LogP) is 4.34. The number of amides is 2. The maximum Gasteiger partial charge on any atom is 0.291 e. The van der Waals surface area contributed by atoms with Crippen molar-refractivity contribution >= 4 is 23.2 Å². The maximum atomic E-state index is 12.2. The number of nitrogens with one attached hydrogen (secondary N) is 2. The first-order chi connectivity index (χ1) is 14.1. The molecule has 0 atom stereocenters. The highest BCUT2D eigenvalue weighted by molar-refractivity contribution is 6.02. The van der Waals surface area contributed by atoms with E-state index in [0.717, 1.165) is 12.2 Å². The van der Waals surface area contributed by atoms with Crippen molar-refractivity contribution in [3.8, 4) is 11.5 Å². The molecule has 2 amide bonds. The third-order valence-corrected chi connectivity index (χ3v) is 3.82. The van der Waals surface area contributed by atoms with E-state index in [4.69, 9.17) is 13.9 Å².